The van der Waals surface area contributed by atoms with E-state index in [0.29, 0.717) is 0 Å². The van der Waals surface area contributed by atoms with Crippen molar-refractivity contribution >= 4 is 33.0 Å². The Labute approximate surface area is 163 Å². The standard InChI is InChI=1S/C20H28BrNO2S/c1-18(2,3)25(23)22-17-16-12-15(21)7-6-14(16)13-20(17)10-8-19(4,24-5)9-11-20/h6-7,12H,8-11,13H2,1-5H3/t19-,20-,25?. The molecule has 1 fully saturated rings. The van der Waals surface area contributed by atoms with Crippen LogP contribution in [0.2, 0.25) is 0 Å². The molecule has 1 spiro atoms. The van der Waals surface area contributed by atoms with Crippen LogP contribution in [-0.2, 0) is 22.5 Å². The van der Waals surface area contributed by atoms with E-state index in [1.165, 1.54) is 11.1 Å². The zero-order valence-corrected chi connectivity index (χ0v) is 18.2. The van der Waals surface area contributed by atoms with Gasteiger partial charge in [0.25, 0.3) is 0 Å². The number of benzene rings is 1. The van der Waals surface area contributed by atoms with Gasteiger partial charge in [-0.25, -0.2) is 0 Å². The molecule has 3 rings (SSSR count). The van der Waals surface area contributed by atoms with Crippen LogP contribution in [0.3, 0.4) is 0 Å². The first-order valence-corrected chi connectivity index (χ1v) is 10.8. The number of fused-ring (bicyclic) bond motifs is 1. The van der Waals surface area contributed by atoms with Crippen LogP contribution < -0.4 is 0 Å². The summed E-state index contributed by atoms with van der Waals surface area (Å²) in [5, 5.41) is 0. The Balaban J connectivity index is 2.03. The highest BCUT2D eigenvalue weighted by atomic mass is 79.9. The summed E-state index contributed by atoms with van der Waals surface area (Å²) in [6.45, 7) is 8.15. The number of halogens is 1. The van der Waals surface area contributed by atoms with Crippen molar-refractivity contribution in [3.8, 4) is 0 Å². The Morgan fingerprint density at radius 2 is 1.84 bits per heavy atom. The molecule has 0 heterocycles. The van der Waals surface area contributed by atoms with Crippen molar-refractivity contribution in [1.29, 1.82) is 0 Å². The van der Waals surface area contributed by atoms with Gasteiger partial charge in [0, 0.05) is 22.6 Å². The van der Waals surface area contributed by atoms with E-state index in [-0.39, 0.29) is 15.8 Å². The van der Waals surface area contributed by atoms with Crippen molar-refractivity contribution in [2.24, 2.45) is 9.81 Å². The van der Waals surface area contributed by atoms with Crippen LogP contribution in [0.25, 0.3) is 0 Å². The third-order valence-corrected chi connectivity index (χ3v) is 7.70. The van der Waals surface area contributed by atoms with E-state index in [4.69, 9.17) is 9.13 Å². The van der Waals surface area contributed by atoms with Gasteiger partial charge < -0.3 is 9.29 Å². The molecule has 0 saturated heterocycles. The summed E-state index contributed by atoms with van der Waals surface area (Å²) in [5.41, 5.74) is 3.51. The molecule has 1 atom stereocenters. The molecule has 1 unspecified atom stereocenters. The van der Waals surface area contributed by atoms with Crippen molar-refractivity contribution in [3.63, 3.8) is 0 Å². The Hall–Kier alpha value is -0.360. The second-order valence-corrected chi connectivity index (χ2v) is 11.5. The minimum atomic E-state index is -1.25. The molecule has 1 aromatic rings. The van der Waals surface area contributed by atoms with Crippen molar-refractivity contribution in [1.82, 2.24) is 0 Å². The number of ether oxygens (including phenoxy) is 1. The van der Waals surface area contributed by atoms with Gasteiger partial charge in [-0.15, -0.1) is 0 Å². The first kappa shape index (κ1) is 19.4. The fourth-order valence-electron chi connectivity index (χ4n) is 3.90. The molecule has 5 heteroatoms. The quantitative estimate of drug-likeness (QED) is 0.609. The maximum absolute atomic E-state index is 12.8. The van der Waals surface area contributed by atoms with Gasteiger partial charge in [-0.05, 0) is 77.5 Å². The highest BCUT2D eigenvalue weighted by molar-refractivity contribution is 9.10. The minimum Gasteiger partial charge on any atom is -0.591 e. The first-order valence-electron chi connectivity index (χ1n) is 8.94. The monoisotopic (exact) mass is 425 g/mol. The molecule has 138 valence electrons. The zero-order chi connectivity index (χ0) is 18.5. The van der Waals surface area contributed by atoms with E-state index in [1.807, 2.05) is 27.9 Å². The Kier molecular flexibility index (Phi) is 5.17. The van der Waals surface area contributed by atoms with Crippen LogP contribution in [0.15, 0.2) is 27.1 Å². The summed E-state index contributed by atoms with van der Waals surface area (Å²) in [6, 6.07) is 6.43. The molecule has 0 aliphatic heterocycles. The van der Waals surface area contributed by atoms with Crippen LogP contribution in [0.4, 0.5) is 0 Å². The molecule has 2 aliphatic rings. The summed E-state index contributed by atoms with van der Waals surface area (Å²) in [4.78, 5) is 0. The molecule has 0 bridgehead atoms. The molecule has 2 aliphatic carbocycles. The second-order valence-electron chi connectivity index (χ2n) is 8.71. The zero-order valence-electron chi connectivity index (χ0n) is 15.8. The van der Waals surface area contributed by atoms with Gasteiger partial charge in [0.05, 0.1) is 5.60 Å². The molecule has 3 nitrogen and oxygen atoms in total. The van der Waals surface area contributed by atoms with Gasteiger partial charge >= 0.3 is 0 Å². The van der Waals surface area contributed by atoms with Gasteiger partial charge in [0.15, 0.2) is 0 Å². The smallest absolute Gasteiger partial charge is 0.144 e. The van der Waals surface area contributed by atoms with E-state index in [9.17, 15) is 4.55 Å². The Morgan fingerprint density at radius 1 is 1.20 bits per heavy atom. The van der Waals surface area contributed by atoms with E-state index in [1.54, 1.807) is 0 Å². The molecule has 0 aromatic heterocycles. The number of nitrogens with zero attached hydrogens (tertiary/aromatic N) is 1. The van der Waals surface area contributed by atoms with Crippen LogP contribution in [0, 0.1) is 5.41 Å². The largest absolute Gasteiger partial charge is 0.591 e. The lowest BCUT2D eigenvalue weighted by atomic mass is 9.66. The summed E-state index contributed by atoms with van der Waals surface area (Å²) < 4.78 is 24.1. The summed E-state index contributed by atoms with van der Waals surface area (Å²) in [5.74, 6) is 0. The summed E-state index contributed by atoms with van der Waals surface area (Å²) >= 11 is 2.34. The average molecular weight is 426 g/mol. The third kappa shape index (κ3) is 3.71. The highest BCUT2D eigenvalue weighted by Gasteiger charge is 2.50. The van der Waals surface area contributed by atoms with Gasteiger partial charge in [0.2, 0.25) is 0 Å². The fraction of sp³-hybridized carbons (Fsp3) is 0.650. The first-order chi connectivity index (χ1) is 11.6. The highest BCUT2D eigenvalue weighted by Crippen LogP contribution is 2.51. The second kappa shape index (κ2) is 6.66. The lowest BCUT2D eigenvalue weighted by Crippen LogP contribution is -2.42. The average Bonchev–Trinajstić information content (AvgIpc) is 2.83. The van der Waals surface area contributed by atoms with E-state index in [0.717, 1.165) is 42.3 Å². The van der Waals surface area contributed by atoms with Crippen LogP contribution >= 0.6 is 15.9 Å². The topological polar surface area (TPSA) is 44.6 Å². The molecule has 1 aromatic carbocycles. The Morgan fingerprint density at radius 3 is 2.40 bits per heavy atom. The van der Waals surface area contributed by atoms with Gasteiger partial charge in [-0.3, -0.25) is 0 Å². The maximum atomic E-state index is 12.8. The van der Waals surface area contributed by atoms with Crippen molar-refractivity contribution < 1.29 is 9.29 Å². The number of rotatable bonds is 2. The molecule has 0 N–H and O–H groups in total. The Bertz CT molecular complexity index is 687. The lowest BCUT2D eigenvalue weighted by Gasteiger charge is -2.42. The summed E-state index contributed by atoms with van der Waals surface area (Å²) in [6.07, 6.45) is 5.09. The van der Waals surface area contributed by atoms with E-state index in [2.05, 4.69) is 41.1 Å². The SMILES string of the molecule is CO[C@]1(C)CC[C@@]2(CC1)Cc1ccc(Br)cc1C2=N[S+]([O-])C(C)(C)C. The van der Waals surface area contributed by atoms with Crippen molar-refractivity contribution in [3.05, 3.63) is 33.8 Å². The maximum Gasteiger partial charge on any atom is 0.144 e. The van der Waals surface area contributed by atoms with Gasteiger partial charge in [0.1, 0.15) is 21.8 Å². The molecular weight excluding hydrogens is 398 g/mol. The molecule has 25 heavy (non-hydrogen) atoms. The molecule has 1 saturated carbocycles. The normalized spacial score (nSPS) is 32.2. The van der Waals surface area contributed by atoms with Crippen LogP contribution in [0.1, 0.15) is 64.5 Å². The minimum absolute atomic E-state index is 0.00206. The van der Waals surface area contributed by atoms with Gasteiger partial charge in [-0.1, -0.05) is 26.4 Å². The van der Waals surface area contributed by atoms with E-state index < -0.39 is 11.4 Å². The molecule has 0 amide bonds. The number of hydrogen-bond acceptors (Lipinski definition) is 3. The predicted molar refractivity (Wildman–Crippen MR) is 109 cm³/mol. The predicted octanol–water partition coefficient (Wildman–Crippen LogP) is 5.22. The number of hydrogen-bond donors (Lipinski definition) is 0. The third-order valence-electron chi connectivity index (χ3n) is 5.81. The molecule has 0 radical (unpaired) electrons. The van der Waals surface area contributed by atoms with Crippen LogP contribution in [-0.4, -0.2) is 27.7 Å². The molecular formula is C20H28BrNO2S. The number of methoxy groups -OCH3 is 1. The van der Waals surface area contributed by atoms with Crippen molar-refractivity contribution in [2.75, 3.05) is 7.11 Å². The van der Waals surface area contributed by atoms with Gasteiger partial charge in [-0.2, -0.15) is 0 Å². The lowest BCUT2D eigenvalue weighted by molar-refractivity contribution is -0.0407. The van der Waals surface area contributed by atoms with Crippen LogP contribution in [0.5, 0.6) is 0 Å². The van der Waals surface area contributed by atoms with E-state index >= 15 is 0 Å². The fourth-order valence-corrected chi connectivity index (χ4v) is 4.99. The summed E-state index contributed by atoms with van der Waals surface area (Å²) in [7, 11) is 1.81. The van der Waals surface area contributed by atoms with Crippen molar-refractivity contribution in [2.45, 2.75) is 70.1 Å².